The van der Waals surface area contributed by atoms with E-state index in [1.807, 2.05) is 20.8 Å². The molecule has 9 nitrogen and oxygen atoms in total. The number of methoxy groups -OCH3 is 2. The van der Waals surface area contributed by atoms with Crippen molar-refractivity contribution in [3.63, 3.8) is 0 Å². The summed E-state index contributed by atoms with van der Waals surface area (Å²) in [5.41, 5.74) is 0.627. The lowest BCUT2D eigenvalue weighted by Gasteiger charge is -2.49. The Morgan fingerprint density at radius 2 is 1.92 bits per heavy atom. The summed E-state index contributed by atoms with van der Waals surface area (Å²) in [6.07, 6.45) is 3.78. The van der Waals surface area contributed by atoms with Crippen LogP contribution in [-0.2, 0) is 38.1 Å². The molecule has 1 N–H and O–H groups in total. The Balaban J connectivity index is 1.44. The first-order valence-electron chi connectivity index (χ1n) is 14.0. The monoisotopic (exact) mass is 536 g/mol. The summed E-state index contributed by atoms with van der Waals surface area (Å²) in [5.74, 6) is -1.75. The fraction of sp³-hybridized carbons (Fsp3) is 0.828. The average molecular weight is 537 g/mol. The second-order valence-electron chi connectivity index (χ2n) is 11.9. The maximum absolute atomic E-state index is 13.5. The summed E-state index contributed by atoms with van der Waals surface area (Å²) in [5, 5.41) is 10.3. The van der Waals surface area contributed by atoms with Gasteiger partial charge in [-0.15, -0.1) is 0 Å². The van der Waals surface area contributed by atoms with Gasteiger partial charge in [-0.25, -0.2) is 0 Å². The molecular formula is C29H44O9. The van der Waals surface area contributed by atoms with Gasteiger partial charge < -0.3 is 28.8 Å². The van der Waals surface area contributed by atoms with E-state index in [-0.39, 0.29) is 47.9 Å². The molecule has 1 saturated carbocycles. The number of hydrogen-bond acceptors (Lipinski definition) is 9. The predicted molar refractivity (Wildman–Crippen MR) is 137 cm³/mol. The van der Waals surface area contributed by atoms with Crippen LogP contribution in [0.1, 0.15) is 72.6 Å². The van der Waals surface area contributed by atoms with Gasteiger partial charge in [0.2, 0.25) is 0 Å². The molecule has 0 spiro atoms. The lowest BCUT2D eigenvalue weighted by Crippen LogP contribution is -2.51. The van der Waals surface area contributed by atoms with Crippen LogP contribution in [0.3, 0.4) is 0 Å². The maximum atomic E-state index is 13.5. The lowest BCUT2D eigenvalue weighted by molar-refractivity contribution is -0.265. The van der Waals surface area contributed by atoms with E-state index in [2.05, 4.69) is 13.0 Å². The van der Waals surface area contributed by atoms with Crippen LogP contribution < -0.4 is 0 Å². The smallest absolute Gasteiger partial charge is 0.310 e. The second kappa shape index (κ2) is 11.7. The number of aliphatic hydroxyl groups is 1. The van der Waals surface area contributed by atoms with Crippen LogP contribution in [0.2, 0.25) is 0 Å². The topological polar surface area (TPSA) is 118 Å². The molecule has 214 valence electrons. The van der Waals surface area contributed by atoms with E-state index in [4.69, 9.17) is 23.7 Å². The molecular weight excluding hydrogens is 492 g/mol. The average Bonchev–Trinajstić information content (AvgIpc) is 3.13. The molecule has 2 saturated heterocycles. The number of esters is 2. The van der Waals surface area contributed by atoms with Crippen LogP contribution >= 0.6 is 0 Å². The molecule has 0 unspecified atom stereocenters. The molecule has 0 aromatic heterocycles. The van der Waals surface area contributed by atoms with Gasteiger partial charge in [-0.1, -0.05) is 25.5 Å². The molecule has 2 aliphatic carbocycles. The highest BCUT2D eigenvalue weighted by molar-refractivity contribution is 5.88. The first-order valence-corrected chi connectivity index (χ1v) is 14.0. The largest absolute Gasteiger partial charge is 0.469 e. The van der Waals surface area contributed by atoms with Gasteiger partial charge in [-0.3, -0.25) is 14.4 Å². The van der Waals surface area contributed by atoms with Crippen molar-refractivity contribution in [2.45, 2.75) is 109 Å². The van der Waals surface area contributed by atoms with E-state index in [1.54, 1.807) is 7.11 Å². The van der Waals surface area contributed by atoms with Gasteiger partial charge in [-0.05, 0) is 46.0 Å². The van der Waals surface area contributed by atoms with Crippen molar-refractivity contribution in [2.24, 2.45) is 29.1 Å². The number of ketones is 1. The Labute approximate surface area is 225 Å². The zero-order valence-corrected chi connectivity index (χ0v) is 23.5. The van der Waals surface area contributed by atoms with Crippen molar-refractivity contribution >= 4 is 17.7 Å². The van der Waals surface area contributed by atoms with Gasteiger partial charge in [0.1, 0.15) is 18.0 Å². The van der Waals surface area contributed by atoms with Gasteiger partial charge in [0.05, 0.1) is 37.3 Å². The number of aliphatic hydroxyl groups excluding tert-OH is 1. The molecule has 9 heteroatoms. The SMILES string of the molecule is COC(=O)[C@H]1[C@H](C(=O)CC[C@H]2[C@H](C)OC(=O)[C@H]2C)CC=C2C[C@@H](O[C@H]3C[C@@H](OC)[C@@H](O)[C@@H](C)O3)CC[C@@]21C. The van der Waals surface area contributed by atoms with Crippen molar-refractivity contribution in [3.8, 4) is 0 Å². The Hall–Kier alpha value is -1.81. The van der Waals surface area contributed by atoms with Gasteiger partial charge >= 0.3 is 11.9 Å². The summed E-state index contributed by atoms with van der Waals surface area (Å²) in [4.78, 5) is 38.6. The third-order valence-electron chi connectivity index (χ3n) is 9.69. The standard InChI is InChI=1S/C29H44O9/c1-15-20(16(2)37-27(15)32)9-10-22(30)21-8-7-18-13-19(11-12-29(18,4)25(21)28(33)35-6)38-24-14-23(34-5)26(31)17(3)36-24/h7,15-17,19-21,23-26,31H,8-14H2,1-6H3/t15-,16-,17+,19-,20+,21-,23+,24-,25+,26-,29-/m0/s1. The minimum Gasteiger partial charge on any atom is -0.469 e. The summed E-state index contributed by atoms with van der Waals surface area (Å²) in [6.45, 7) is 7.61. The zero-order valence-electron chi connectivity index (χ0n) is 23.5. The molecule has 38 heavy (non-hydrogen) atoms. The number of Topliss-reactive ketones (excluding diaryl/α,β-unsaturated/α-hetero) is 1. The van der Waals surface area contributed by atoms with Gasteiger partial charge in [0.25, 0.3) is 0 Å². The molecule has 2 aliphatic heterocycles. The van der Waals surface area contributed by atoms with Crippen LogP contribution in [-0.4, -0.2) is 73.9 Å². The highest BCUT2D eigenvalue weighted by Crippen LogP contribution is 2.54. The number of cyclic esters (lactones) is 1. The quantitative estimate of drug-likeness (QED) is 0.368. The Bertz CT molecular complexity index is 931. The van der Waals surface area contributed by atoms with Crippen molar-refractivity contribution < 1.29 is 43.2 Å². The highest BCUT2D eigenvalue weighted by Gasteiger charge is 2.53. The van der Waals surface area contributed by atoms with E-state index in [0.717, 1.165) is 5.57 Å². The molecule has 0 bridgehead atoms. The normalized spacial score (nSPS) is 43.1. The van der Waals surface area contributed by atoms with Crippen LogP contribution in [0.15, 0.2) is 11.6 Å². The molecule has 11 atom stereocenters. The third kappa shape index (κ3) is 5.58. The number of hydrogen-bond donors (Lipinski definition) is 1. The summed E-state index contributed by atoms with van der Waals surface area (Å²) in [7, 11) is 2.96. The molecule has 0 aromatic carbocycles. The van der Waals surface area contributed by atoms with Crippen molar-refractivity contribution in [1.29, 1.82) is 0 Å². The Morgan fingerprint density at radius 1 is 1.18 bits per heavy atom. The van der Waals surface area contributed by atoms with Gasteiger partial charge in [0, 0.05) is 37.2 Å². The van der Waals surface area contributed by atoms with Crippen molar-refractivity contribution in [1.82, 2.24) is 0 Å². The first kappa shape index (κ1) is 29.2. The van der Waals surface area contributed by atoms with Crippen LogP contribution in [0.4, 0.5) is 0 Å². The summed E-state index contributed by atoms with van der Waals surface area (Å²) < 4.78 is 28.2. The minimum absolute atomic E-state index is 0.00411. The molecule has 0 radical (unpaired) electrons. The summed E-state index contributed by atoms with van der Waals surface area (Å²) >= 11 is 0. The molecule has 4 rings (SSSR count). The fourth-order valence-corrected chi connectivity index (χ4v) is 7.19. The van der Waals surface area contributed by atoms with Crippen molar-refractivity contribution in [2.75, 3.05) is 14.2 Å². The van der Waals surface area contributed by atoms with E-state index in [1.165, 1.54) is 7.11 Å². The lowest BCUT2D eigenvalue weighted by atomic mass is 9.55. The number of carbonyl (C=O) groups excluding carboxylic acids is 3. The number of fused-ring (bicyclic) bond motifs is 1. The highest BCUT2D eigenvalue weighted by atomic mass is 16.7. The van der Waals surface area contributed by atoms with Crippen LogP contribution in [0, 0.1) is 29.1 Å². The van der Waals surface area contributed by atoms with Gasteiger partial charge in [0.15, 0.2) is 6.29 Å². The molecule has 3 fully saturated rings. The molecule has 0 aromatic rings. The molecule has 0 amide bonds. The number of rotatable bonds is 8. The zero-order chi connectivity index (χ0) is 27.8. The minimum atomic E-state index is -0.695. The summed E-state index contributed by atoms with van der Waals surface area (Å²) in [6, 6.07) is 0. The second-order valence-corrected chi connectivity index (χ2v) is 11.9. The van der Waals surface area contributed by atoms with E-state index in [0.29, 0.717) is 44.9 Å². The fourth-order valence-electron chi connectivity index (χ4n) is 7.19. The maximum Gasteiger partial charge on any atom is 0.310 e. The Morgan fingerprint density at radius 3 is 2.55 bits per heavy atom. The number of allylic oxidation sites excluding steroid dienone is 1. The first-order chi connectivity index (χ1) is 18.0. The molecule has 4 aliphatic rings. The van der Waals surface area contributed by atoms with E-state index >= 15 is 0 Å². The predicted octanol–water partition coefficient (Wildman–Crippen LogP) is 3.36. The van der Waals surface area contributed by atoms with E-state index < -0.39 is 35.7 Å². The van der Waals surface area contributed by atoms with Crippen LogP contribution in [0.25, 0.3) is 0 Å². The van der Waals surface area contributed by atoms with E-state index in [9.17, 15) is 19.5 Å². The molecule has 2 heterocycles. The number of carbonyl (C=O) groups is 3. The van der Waals surface area contributed by atoms with Gasteiger partial charge in [-0.2, -0.15) is 0 Å². The Kier molecular flexibility index (Phi) is 9.02. The van der Waals surface area contributed by atoms with Crippen molar-refractivity contribution in [3.05, 3.63) is 11.6 Å². The third-order valence-corrected chi connectivity index (χ3v) is 9.69. The van der Waals surface area contributed by atoms with Crippen LogP contribution in [0.5, 0.6) is 0 Å². The number of ether oxygens (including phenoxy) is 5.